The van der Waals surface area contributed by atoms with Crippen LogP contribution in [-0.4, -0.2) is 24.3 Å². The maximum atomic E-state index is 13.3. The van der Waals surface area contributed by atoms with Gasteiger partial charge in [-0.25, -0.2) is 14.4 Å². The first-order valence-corrected chi connectivity index (χ1v) is 5.89. The van der Waals surface area contributed by atoms with Crippen LogP contribution in [0.5, 0.6) is 0 Å². The number of aromatic nitrogens is 5. The molecule has 7 heteroatoms. The van der Waals surface area contributed by atoms with E-state index < -0.39 is 0 Å². The Balaban J connectivity index is 1.91. The number of fused-ring (bicyclic) bond motifs is 1. The van der Waals surface area contributed by atoms with E-state index in [4.69, 9.17) is 5.73 Å². The van der Waals surface area contributed by atoms with Gasteiger partial charge in [-0.05, 0) is 18.2 Å². The third kappa shape index (κ3) is 2.14. The first kappa shape index (κ1) is 11.6. The van der Waals surface area contributed by atoms with Crippen LogP contribution in [0.25, 0.3) is 11.0 Å². The molecular weight excluding hydrogens is 247 g/mol. The van der Waals surface area contributed by atoms with E-state index in [1.165, 1.54) is 12.1 Å². The van der Waals surface area contributed by atoms with E-state index in [0.29, 0.717) is 29.9 Å². The second kappa shape index (κ2) is 4.34. The van der Waals surface area contributed by atoms with Crippen molar-refractivity contribution in [2.75, 3.05) is 5.73 Å². The highest BCUT2D eigenvalue weighted by atomic mass is 19.1. The summed E-state index contributed by atoms with van der Waals surface area (Å²) in [5.74, 6) is 0.793. The highest BCUT2D eigenvalue weighted by Crippen LogP contribution is 2.19. The minimum Gasteiger partial charge on any atom is -0.369 e. The monoisotopic (exact) mass is 260 g/mol. The molecule has 0 bridgehead atoms. The lowest BCUT2D eigenvalue weighted by molar-refractivity contribution is 0.627. The van der Waals surface area contributed by atoms with Gasteiger partial charge in [0.05, 0.1) is 11.0 Å². The molecule has 0 aliphatic heterocycles. The Kier molecular flexibility index (Phi) is 2.66. The Morgan fingerprint density at radius 1 is 1.37 bits per heavy atom. The van der Waals surface area contributed by atoms with Crippen molar-refractivity contribution >= 4 is 17.0 Å². The number of nitrogens with two attached hydrogens (primary N) is 1. The van der Waals surface area contributed by atoms with Crippen molar-refractivity contribution in [3.05, 3.63) is 36.2 Å². The van der Waals surface area contributed by atoms with E-state index in [2.05, 4.69) is 15.1 Å². The maximum Gasteiger partial charge on any atom is 0.201 e. The fraction of sp³-hybridized carbons (Fsp3) is 0.250. The number of nitrogen functional groups attached to an aromatic ring is 1. The lowest BCUT2D eigenvalue weighted by Gasteiger charge is -2.04. The van der Waals surface area contributed by atoms with Crippen molar-refractivity contribution < 1.29 is 4.39 Å². The number of rotatable bonds is 3. The SMILES string of the molecule is Cn1cnc(CCn2c(N)nc3ccc(F)cc32)n1. The second-order valence-electron chi connectivity index (χ2n) is 4.34. The summed E-state index contributed by atoms with van der Waals surface area (Å²) in [6, 6.07) is 4.43. The summed E-state index contributed by atoms with van der Waals surface area (Å²) >= 11 is 0. The Labute approximate surface area is 108 Å². The topological polar surface area (TPSA) is 74.5 Å². The molecule has 2 N–H and O–H groups in total. The lowest BCUT2D eigenvalue weighted by Crippen LogP contribution is -2.07. The summed E-state index contributed by atoms with van der Waals surface area (Å²) in [6.45, 7) is 0.565. The zero-order valence-electron chi connectivity index (χ0n) is 10.4. The number of benzene rings is 1. The minimum absolute atomic E-state index is 0.301. The summed E-state index contributed by atoms with van der Waals surface area (Å²) in [5, 5.41) is 4.19. The van der Waals surface area contributed by atoms with Crippen LogP contribution in [0, 0.1) is 5.82 Å². The van der Waals surface area contributed by atoms with Crippen molar-refractivity contribution in [3.8, 4) is 0 Å². The lowest BCUT2D eigenvalue weighted by atomic mass is 10.3. The van der Waals surface area contributed by atoms with Gasteiger partial charge in [0.15, 0.2) is 5.82 Å². The fourth-order valence-electron chi connectivity index (χ4n) is 2.06. The van der Waals surface area contributed by atoms with E-state index >= 15 is 0 Å². The van der Waals surface area contributed by atoms with E-state index in [9.17, 15) is 4.39 Å². The van der Waals surface area contributed by atoms with E-state index in [1.807, 2.05) is 7.05 Å². The molecule has 0 spiro atoms. The normalized spacial score (nSPS) is 11.3. The molecule has 0 atom stereocenters. The van der Waals surface area contributed by atoms with Crippen LogP contribution in [0.4, 0.5) is 10.3 Å². The Morgan fingerprint density at radius 2 is 2.21 bits per heavy atom. The van der Waals surface area contributed by atoms with Crippen molar-refractivity contribution in [3.63, 3.8) is 0 Å². The number of hydrogen-bond acceptors (Lipinski definition) is 4. The van der Waals surface area contributed by atoms with Gasteiger partial charge in [-0.15, -0.1) is 0 Å². The maximum absolute atomic E-state index is 13.3. The molecule has 0 aliphatic rings. The molecule has 0 unspecified atom stereocenters. The molecule has 1 aromatic carbocycles. The van der Waals surface area contributed by atoms with Crippen LogP contribution < -0.4 is 5.73 Å². The number of imidazole rings is 1. The van der Waals surface area contributed by atoms with E-state index in [1.54, 1.807) is 21.6 Å². The van der Waals surface area contributed by atoms with Crippen molar-refractivity contribution in [2.45, 2.75) is 13.0 Å². The number of aryl methyl sites for hydroxylation is 3. The molecule has 2 heterocycles. The van der Waals surface area contributed by atoms with Crippen LogP contribution in [0.3, 0.4) is 0 Å². The molecular formula is C12H13FN6. The van der Waals surface area contributed by atoms with E-state index in [-0.39, 0.29) is 5.82 Å². The highest BCUT2D eigenvalue weighted by Gasteiger charge is 2.10. The summed E-state index contributed by atoms with van der Waals surface area (Å²) in [7, 11) is 1.81. The van der Waals surface area contributed by atoms with Crippen LogP contribution >= 0.6 is 0 Å². The molecule has 6 nitrogen and oxygen atoms in total. The van der Waals surface area contributed by atoms with Gasteiger partial charge in [0, 0.05) is 20.0 Å². The predicted octanol–water partition coefficient (Wildman–Crippen LogP) is 1.13. The molecule has 0 fully saturated rings. The number of halogens is 1. The molecule has 0 amide bonds. The average molecular weight is 260 g/mol. The molecule has 2 aromatic heterocycles. The molecule has 3 aromatic rings. The number of hydrogen-bond donors (Lipinski definition) is 1. The molecule has 98 valence electrons. The Bertz CT molecular complexity index is 729. The molecule has 0 saturated heterocycles. The van der Waals surface area contributed by atoms with Crippen LogP contribution in [0.2, 0.25) is 0 Å². The fourth-order valence-corrected chi connectivity index (χ4v) is 2.06. The first-order chi connectivity index (χ1) is 9.13. The van der Waals surface area contributed by atoms with Gasteiger partial charge in [-0.2, -0.15) is 5.10 Å². The third-order valence-electron chi connectivity index (χ3n) is 2.95. The zero-order chi connectivity index (χ0) is 13.4. The van der Waals surface area contributed by atoms with Gasteiger partial charge in [-0.1, -0.05) is 0 Å². The Hall–Kier alpha value is -2.44. The second-order valence-corrected chi connectivity index (χ2v) is 4.34. The van der Waals surface area contributed by atoms with Gasteiger partial charge in [-0.3, -0.25) is 4.68 Å². The predicted molar refractivity (Wildman–Crippen MR) is 68.8 cm³/mol. The largest absolute Gasteiger partial charge is 0.369 e. The summed E-state index contributed by atoms with van der Waals surface area (Å²) < 4.78 is 16.7. The molecule has 0 radical (unpaired) electrons. The number of nitrogens with zero attached hydrogens (tertiary/aromatic N) is 5. The highest BCUT2D eigenvalue weighted by molar-refractivity contribution is 5.78. The van der Waals surface area contributed by atoms with Crippen LogP contribution in [0.1, 0.15) is 5.82 Å². The zero-order valence-corrected chi connectivity index (χ0v) is 10.4. The molecule has 0 saturated carbocycles. The van der Waals surface area contributed by atoms with Gasteiger partial charge in [0.25, 0.3) is 0 Å². The van der Waals surface area contributed by atoms with Gasteiger partial charge >= 0.3 is 0 Å². The van der Waals surface area contributed by atoms with Crippen molar-refractivity contribution in [2.24, 2.45) is 7.05 Å². The first-order valence-electron chi connectivity index (χ1n) is 5.89. The average Bonchev–Trinajstić information content (AvgIpc) is 2.90. The summed E-state index contributed by atoms with van der Waals surface area (Å²) in [5.41, 5.74) is 7.23. The standard InChI is InChI=1S/C12H13FN6/c1-18-7-15-11(17-18)4-5-19-10-6-8(13)2-3-9(10)16-12(19)14/h2-3,6-7H,4-5H2,1H3,(H2,14,16). The van der Waals surface area contributed by atoms with E-state index in [0.717, 1.165) is 5.82 Å². The van der Waals surface area contributed by atoms with Crippen LogP contribution in [0.15, 0.2) is 24.5 Å². The summed E-state index contributed by atoms with van der Waals surface area (Å²) in [4.78, 5) is 8.35. The van der Waals surface area contributed by atoms with Gasteiger partial charge in [0.2, 0.25) is 5.95 Å². The molecule has 3 rings (SSSR count). The van der Waals surface area contributed by atoms with Crippen molar-refractivity contribution in [1.29, 1.82) is 0 Å². The quantitative estimate of drug-likeness (QED) is 0.766. The Morgan fingerprint density at radius 3 is 2.95 bits per heavy atom. The van der Waals surface area contributed by atoms with Crippen LogP contribution in [-0.2, 0) is 20.0 Å². The number of anilines is 1. The molecule has 19 heavy (non-hydrogen) atoms. The van der Waals surface area contributed by atoms with Gasteiger partial charge in [0.1, 0.15) is 12.1 Å². The van der Waals surface area contributed by atoms with Gasteiger partial charge < -0.3 is 10.3 Å². The molecule has 0 aliphatic carbocycles. The minimum atomic E-state index is -0.301. The smallest absolute Gasteiger partial charge is 0.201 e. The van der Waals surface area contributed by atoms with Crippen molar-refractivity contribution in [1.82, 2.24) is 24.3 Å². The summed E-state index contributed by atoms with van der Waals surface area (Å²) in [6.07, 6.45) is 2.26. The third-order valence-corrected chi connectivity index (χ3v) is 2.95.